The second kappa shape index (κ2) is 5.88. The largest absolute Gasteiger partial charge is 0.289 e. The van der Waals surface area contributed by atoms with Gasteiger partial charge >= 0.3 is 0 Å². The smallest absolute Gasteiger partial charge is 0.269 e. The summed E-state index contributed by atoms with van der Waals surface area (Å²) in [5.41, 5.74) is 1.04. The fraction of sp³-hybridized carbons (Fsp3) is 0. The molecule has 4 nitrogen and oxygen atoms in total. The van der Waals surface area contributed by atoms with E-state index in [1.807, 2.05) is 0 Å². The van der Waals surface area contributed by atoms with E-state index in [0.717, 1.165) is 0 Å². The van der Waals surface area contributed by atoms with Crippen molar-refractivity contribution in [2.75, 3.05) is 0 Å². The number of carbonyl (C=O) groups is 1. The molecule has 2 aromatic carbocycles. The number of nitro benzene ring substituents is 1. The maximum absolute atomic E-state index is 12.7. The summed E-state index contributed by atoms with van der Waals surface area (Å²) < 4.78 is 12.7. The van der Waals surface area contributed by atoms with Gasteiger partial charge in [0.05, 0.1) is 4.92 Å². The van der Waals surface area contributed by atoms with Crippen LogP contribution < -0.4 is 0 Å². The van der Waals surface area contributed by atoms with Crippen LogP contribution >= 0.6 is 0 Å². The molecule has 5 heteroatoms. The van der Waals surface area contributed by atoms with Gasteiger partial charge in [-0.25, -0.2) is 4.39 Å². The van der Waals surface area contributed by atoms with E-state index in [1.165, 1.54) is 42.5 Å². The average molecular weight is 271 g/mol. The van der Waals surface area contributed by atoms with Gasteiger partial charge in [-0.3, -0.25) is 14.9 Å². The molecule has 0 N–H and O–H groups in total. The quantitative estimate of drug-likeness (QED) is 0.369. The molecular formula is C15H10FNO3. The van der Waals surface area contributed by atoms with Crippen LogP contribution in [0.5, 0.6) is 0 Å². The Morgan fingerprint density at radius 1 is 1.05 bits per heavy atom. The lowest BCUT2D eigenvalue weighted by atomic mass is 10.1. The summed E-state index contributed by atoms with van der Waals surface area (Å²) in [6, 6.07) is 11.1. The summed E-state index contributed by atoms with van der Waals surface area (Å²) in [5, 5.41) is 10.5. The third-order valence-corrected chi connectivity index (χ3v) is 2.66. The summed E-state index contributed by atoms with van der Waals surface area (Å²) in [4.78, 5) is 21.8. The topological polar surface area (TPSA) is 60.2 Å². The lowest BCUT2D eigenvalue weighted by Crippen LogP contribution is -1.93. The Morgan fingerprint density at radius 2 is 1.65 bits per heavy atom. The molecule has 0 aliphatic rings. The highest BCUT2D eigenvalue weighted by Crippen LogP contribution is 2.13. The van der Waals surface area contributed by atoms with Gasteiger partial charge in [0.25, 0.3) is 5.69 Å². The van der Waals surface area contributed by atoms with Gasteiger partial charge in [0, 0.05) is 17.7 Å². The number of allylic oxidation sites excluding steroid dienone is 1. The van der Waals surface area contributed by atoms with E-state index in [0.29, 0.717) is 11.1 Å². The molecule has 0 aliphatic carbocycles. The van der Waals surface area contributed by atoms with E-state index < -0.39 is 10.7 Å². The number of benzene rings is 2. The number of hydrogen-bond acceptors (Lipinski definition) is 3. The van der Waals surface area contributed by atoms with Crippen LogP contribution in [0.1, 0.15) is 15.9 Å². The van der Waals surface area contributed by atoms with Crippen LogP contribution in [0.25, 0.3) is 6.08 Å². The van der Waals surface area contributed by atoms with Crippen LogP contribution in [0.15, 0.2) is 54.6 Å². The van der Waals surface area contributed by atoms with E-state index >= 15 is 0 Å². The monoisotopic (exact) mass is 271 g/mol. The minimum atomic E-state index is -0.489. The van der Waals surface area contributed by atoms with E-state index in [9.17, 15) is 19.3 Å². The minimum absolute atomic E-state index is 0.00740. The molecule has 0 amide bonds. The van der Waals surface area contributed by atoms with Gasteiger partial charge in [0.1, 0.15) is 5.82 Å². The molecule has 0 fully saturated rings. The lowest BCUT2D eigenvalue weighted by molar-refractivity contribution is -0.384. The van der Waals surface area contributed by atoms with Gasteiger partial charge < -0.3 is 0 Å². The number of nitrogens with zero attached hydrogens (tertiary/aromatic N) is 1. The number of non-ortho nitro benzene ring substituents is 1. The van der Waals surface area contributed by atoms with E-state index in [4.69, 9.17) is 0 Å². The third kappa shape index (κ3) is 3.35. The van der Waals surface area contributed by atoms with Crippen molar-refractivity contribution in [2.24, 2.45) is 0 Å². The van der Waals surface area contributed by atoms with Crippen molar-refractivity contribution >= 4 is 17.5 Å². The first kappa shape index (κ1) is 13.6. The van der Waals surface area contributed by atoms with Crippen LogP contribution in [0.4, 0.5) is 10.1 Å². The van der Waals surface area contributed by atoms with Gasteiger partial charge in [-0.2, -0.15) is 0 Å². The second-order valence-electron chi connectivity index (χ2n) is 4.05. The fourth-order valence-electron chi connectivity index (χ4n) is 1.59. The molecule has 0 aliphatic heterocycles. The number of hydrogen-bond donors (Lipinski definition) is 0. The van der Waals surface area contributed by atoms with Gasteiger partial charge in [-0.05, 0) is 48.0 Å². The highest BCUT2D eigenvalue weighted by molar-refractivity contribution is 6.06. The molecule has 0 saturated carbocycles. The van der Waals surface area contributed by atoms with Gasteiger partial charge in [0.2, 0.25) is 0 Å². The summed E-state index contributed by atoms with van der Waals surface area (Å²) in [7, 11) is 0. The Kier molecular flexibility index (Phi) is 4.00. The van der Waals surface area contributed by atoms with Gasteiger partial charge in [-0.15, -0.1) is 0 Å². The van der Waals surface area contributed by atoms with E-state index in [1.54, 1.807) is 18.2 Å². The van der Waals surface area contributed by atoms with E-state index in [-0.39, 0.29) is 11.5 Å². The number of nitro groups is 1. The predicted octanol–water partition coefficient (Wildman–Crippen LogP) is 3.63. The molecule has 0 atom stereocenters. The lowest BCUT2D eigenvalue weighted by Gasteiger charge is -1.96. The molecule has 100 valence electrons. The molecule has 20 heavy (non-hydrogen) atoms. The van der Waals surface area contributed by atoms with Crippen LogP contribution in [-0.4, -0.2) is 10.7 Å². The van der Waals surface area contributed by atoms with Crippen molar-refractivity contribution in [1.82, 2.24) is 0 Å². The Balaban J connectivity index is 2.10. The molecule has 0 bridgehead atoms. The summed E-state index contributed by atoms with van der Waals surface area (Å²) >= 11 is 0. The normalized spacial score (nSPS) is 10.7. The first-order valence-electron chi connectivity index (χ1n) is 5.79. The Hall–Kier alpha value is -2.82. The van der Waals surface area contributed by atoms with Crippen molar-refractivity contribution in [3.63, 3.8) is 0 Å². The SMILES string of the molecule is O=C(/C=C\c1ccc([N+](=O)[O-])cc1)c1ccc(F)cc1. The third-order valence-electron chi connectivity index (χ3n) is 2.66. The standard InChI is InChI=1S/C15H10FNO3/c16-13-6-4-12(5-7-13)15(18)10-3-11-1-8-14(9-2-11)17(19)20/h1-10H/b10-3-. The van der Waals surface area contributed by atoms with Crippen molar-refractivity contribution < 1.29 is 14.1 Å². The van der Waals surface area contributed by atoms with Gasteiger partial charge in [0.15, 0.2) is 5.78 Å². The Labute approximate surface area is 114 Å². The summed E-state index contributed by atoms with van der Waals surface area (Å²) in [6.45, 7) is 0. The van der Waals surface area contributed by atoms with Crippen LogP contribution in [-0.2, 0) is 0 Å². The van der Waals surface area contributed by atoms with Crippen molar-refractivity contribution in [3.8, 4) is 0 Å². The molecule has 0 saturated heterocycles. The summed E-state index contributed by atoms with van der Waals surface area (Å²) in [6.07, 6.45) is 2.89. The van der Waals surface area contributed by atoms with Crippen LogP contribution in [0, 0.1) is 15.9 Å². The molecule has 0 aromatic heterocycles. The highest BCUT2D eigenvalue weighted by atomic mass is 19.1. The summed E-state index contributed by atoms with van der Waals surface area (Å²) in [5.74, 6) is -0.663. The second-order valence-corrected chi connectivity index (χ2v) is 4.05. The molecule has 2 aromatic rings. The molecule has 2 rings (SSSR count). The molecular weight excluding hydrogens is 261 g/mol. The Bertz CT molecular complexity index is 661. The minimum Gasteiger partial charge on any atom is -0.289 e. The maximum Gasteiger partial charge on any atom is 0.269 e. The first-order chi connectivity index (χ1) is 9.56. The van der Waals surface area contributed by atoms with E-state index in [2.05, 4.69) is 0 Å². The fourth-order valence-corrected chi connectivity index (χ4v) is 1.59. The van der Waals surface area contributed by atoms with Crippen molar-refractivity contribution in [1.29, 1.82) is 0 Å². The molecule has 0 unspecified atom stereocenters. The average Bonchev–Trinajstić information content (AvgIpc) is 2.46. The van der Waals surface area contributed by atoms with Crippen molar-refractivity contribution in [2.45, 2.75) is 0 Å². The highest BCUT2D eigenvalue weighted by Gasteiger charge is 2.04. The van der Waals surface area contributed by atoms with Crippen LogP contribution in [0.2, 0.25) is 0 Å². The molecule has 0 heterocycles. The number of rotatable bonds is 4. The Morgan fingerprint density at radius 3 is 2.20 bits per heavy atom. The zero-order valence-corrected chi connectivity index (χ0v) is 10.3. The molecule has 0 radical (unpaired) electrons. The number of ketones is 1. The maximum atomic E-state index is 12.7. The van der Waals surface area contributed by atoms with Crippen molar-refractivity contribution in [3.05, 3.63) is 81.7 Å². The first-order valence-corrected chi connectivity index (χ1v) is 5.79. The van der Waals surface area contributed by atoms with Crippen LogP contribution in [0.3, 0.4) is 0 Å². The zero-order valence-electron chi connectivity index (χ0n) is 10.3. The zero-order chi connectivity index (χ0) is 14.5. The number of carbonyl (C=O) groups excluding carboxylic acids is 1. The van der Waals surface area contributed by atoms with Gasteiger partial charge in [-0.1, -0.05) is 6.08 Å². The molecule has 0 spiro atoms. The number of halogens is 1. The predicted molar refractivity (Wildman–Crippen MR) is 72.9 cm³/mol.